The van der Waals surface area contributed by atoms with E-state index in [9.17, 15) is 4.39 Å². The first kappa shape index (κ1) is 10.1. The van der Waals surface area contributed by atoms with Gasteiger partial charge in [0.1, 0.15) is 5.82 Å². The van der Waals surface area contributed by atoms with Gasteiger partial charge < -0.3 is 0 Å². The van der Waals surface area contributed by atoms with Crippen molar-refractivity contribution in [2.45, 2.75) is 0 Å². The second-order valence-corrected chi connectivity index (χ2v) is 4.99. The molecule has 72 valence electrons. The zero-order chi connectivity index (χ0) is 10.1. The Labute approximate surface area is 98.5 Å². The molecule has 0 unspecified atom stereocenters. The van der Waals surface area contributed by atoms with Crippen LogP contribution < -0.4 is 0 Å². The number of hydrogen-bond donors (Lipinski definition) is 0. The van der Waals surface area contributed by atoms with Crippen LogP contribution in [0.5, 0.6) is 0 Å². The maximum atomic E-state index is 12.9. The third-order valence-corrected chi connectivity index (χ3v) is 3.80. The summed E-state index contributed by atoms with van der Waals surface area (Å²) in [5.74, 6) is -0.383. The summed E-state index contributed by atoms with van der Waals surface area (Å²) in [7, 11) is 0. The monoisotopic (exact) mass is 290 g/mol. The minimum absolute atomic E-state index is 0.159. The van der Waals surface area contributed by atoms with Crippen LogP contribution in [-0.4, -0.2) is 0 Å². The van der Waals surface area contributed by atoms with Gasteiger partial charge in [-0.3, -0.25) is 0 Å². The number of benzene rings is 1. The largest absolute Gasteiger partial charge is 0.205 e. The molecule has 0 fully saturated rings. The summed E-state index contributed by atoms with van der Waals surface area (Å²) < 4.78 is 13.9. The van der Waals surface area contributed by atoms with E-state index in [1.54, 1.807) is 23.5 Å². The van der Waals surface area contributed by atoms with Crippen molar-refractivity contribution in [3.63, 3.8) is 0 Å². The summed E-state index contributed by atoms with van der Waals surface area (Å²) >= 11 is 10.6. The summed E-state index contributed by atoms with van der Waals surface area (Å²) in [6.45, 7) is 0. The summed E-state index contributed by atoms with van der Waals surface area (Å²) in [5, 5.41) is 2.14. The second kappa shape index (κ2) is 4.01. The van der Waals surface area contributed by atoms with Crippen LogP contribution in [0.2, 0.25) is 5.02 Å². The van der Waals surface area contributed by atoms with Gasteiger partial charge in [-0.15, -0.1) is 11.3 Å². The molecule has 14 heavy (non-hydrogen) atoms. The molecule has 0 radical (unpaired) electrons. The van der Waals surface area contributed by atoms with E-state index in [4.69, 9.17) is 11.6 Å². The zero-order valence-corrected chi connectivity index (χ0v) is 10.1. The second-order valence-electron chi connectivity index (χ2n) is 2.76. The van der Waals surface area contributed by atoms with E-state index in [2.05, 4.69) is 15.9 Å². The average Bonchev–Trinajstić information content (AvgIpc) is 2.57. The first-order valence-electron chi connectivity index (χ1n) is 3.86. The summed E-state index contributed by atoms with van der Waals surface area (Å²) in [4.78, 5) is 1.07. The number of rotatable bonds is 1. The van der Waals surface area contributed by atoms with Crippen molar-refractivity contribution >= 4 is 38.9 Å². The van der Waals surface area contributed by atoms with Gasteiger partial charge >= 0.3 is 0 Å². The van der Waals surface area contributed by atoms with Crippen LogP contribution in [0.15, 0.2) is 34.1 Å². The van der Waals surface area contributed by atoms with Crippen molar-refractivity contribution in [1.29, 1.82) is 0 Å². The van der Waals surface area contributed by atoms with Gasteiger partial charge in [0, 0.05) is 14.7 Å². The Hall–Kier alpha value is -0.380. The lowest BCUT2D eigenvalue weighted by atomic mass is 10.2. The fourth-order valence-corrected chi connectivity index (χ4v) is 2.72. The maximum absolute atomic E-state index is 12.9. The van der Waals surface area contributed by atoms with Gasteiger partial charge in [-0.2, -0.15) is 0 Å². The van der Waals surface area contributed by atoms with Gasteiger partial charge in [0.15, 0.2) is 0 Å². The molecule has 1 aromatic carbocycles. The molecule has 0 nitrogen and oxygen atoms in total. The highest BCUT2D eigenvalue weighted by atomic mass is 79.9. The van der Waals surface area contributed by atoms with E-state index >= 15 is 0 Å². The molecular formula is C10H5BrClFS. The molecular weight excluding hydrogens is 287 g/mol. The molecule has 1 heterocycles. The Morgan fingerprint density at radius 1 is 1.29 bits per heavy atom. The third-order valence-electron chi connectivity index (χ3n) is 1.77. The summed E-state index contributed by atoms with van der Waals surface area (Å²) in [5.41, 5.74) is 0.937. The number of thiophene rings is 1. The molecule has 0 saturated carbocycles. The highest BCUT2D eigenvalue weighted by Gasteiger charge is 2.04. The topological polar surface area (TPSA) is 0 Å². The average molecular weight is 292 g/mol. The van der Waals surface area contributed by atoms with Crippen LogP contribution in [0.4, 0.5) is 4.39 Å². The summed E-state index contributed by atoms with van der Waals surface area (Å²) in [6, 6.07) is 6.72. The molecule has 0 bridgehead atoms. The fraction of sp³-hybridized carbons (Fsp3) is 0. The number of halogens is 3. The third kappa shape index (κ3) is 2.00. The highest BCUT2D eigenvalue weighted by Crippen LogP contribution is 2.31. The van der Waals surface area contributed by atoms with E-state index in [0.717, 1.165) is 14.9 Å². The molecule has 0 atom stereocenters. The van der Waals surface area contributed by atoms with E-state index in [1.807, 2.05) is 11.4 Å². The molecule has 1 aromatic heterocycles. The smallest absolute Gasteiger partial charge is 0.141 e. The molecule has 0 amide bonds. The van der Waals surface area contributed by atoms with Crippen molar-refractivity contribution in [3.8, 4) is 10.4 Å². The SMILES string of the molecule is Fc1ccc(-c2cc(Br)cs2)cc1Cl. The van der Waals surface area contributed by atoms with Crippen LogP contribution in [0.3, 0.4) is 0 Å². The van der Waals surface area contributed by atoms with Gasteiger partial charge in [-0.05, 0) is 39.7 Å². The lowest BCUT2D eigenvalue weighted by molar-refractivity contribution is 0.628. The standard InChI is InChI=1S/C10H5BrClFS/c11-7-4-10(14-5-7)6-1-2-9(13)8(12)3-6/h1-5H. The molecule has 0 N–H and O–H groups in total. The van der Waals surface area contributed by atoms with Crippen molar-refractivity contribution in [1.82, 2.24) is 0 Å². The van der Waals surface area contributed by atoms with Gasteiger partial charge in [-0.1, -0.05) is 17.7 Å². The lowest BCUT2D eigenvalue weighted by Crippen LogP contribution is -1.77. The van der Waals surface area contributed by atoms with Gasteiger partial charge in [-0.25, -0.2) is 4.39 Å². The zero-order valence-electron chi connectivity index (χ0n) is 6.93. The van der Waals surface area contributed by atoms with Crippen LogP contribution in [0.25, 0.3) is 10.4 Å². The molecule has 2 rings (SSSR count). The predicted molar refractivity (Wildman–Crippen MR) is 62.4 cm³/mol. The van der Waals surface area contributed by atoms with Gasteiger partial charge in [0.05, 0.1) is 5.02 Å². The lowest BCUT2D eigenvalue weighted by Gasteiger charge is -1.98. The fourth-order valence-electron chi connectivity index (χ4n) is 1.11. The molecule has 0 spiro atoms. The molecule has 0 aliphatic heterocycles. The minimum atomic E-state index is -0.383. The van der Waals surface area contributed by atoms with Crippen molar-refractivity contribution in [3.05, 3.63) is 45.0 Å². The van der Waals surface area contributed by atoms with Crippen molar-refractivity contribution in [2.24, 2.45) is 0 Å². The van der Waals surface area contributed by atoms with E-state index < -0.39 is 0 Å². The first-order chi connectivity index (χ1) is 6.66. The molecule has 4 heteroatoms. The van der Waals surface area contributed by atoms with Crippen molar-refractivity contribution in [2.75, 3.05) is 0 Å². The Morgan fingerprint density at radius 3 is 2.64 bits per heavy atom. The number of hydrogen-bond acceptors (Lipinski definition) is 1. The van der Waals surface area contributed by atoms with E-state index in [1.165, 1.54) is 6.07 Å². The van der Waals surface area contributed by atoms with Crippen molar-refractivity contribution < 1.29 is 4.39 Å². The van der Waals surface area contributed by atoms with Crippen LogP contribution in [-0.2, 0) is 0 Å². The minimum Gasteiger partial charge on any atom is -0.205 e. The highest BCUT2D eigenvalue weighted by molar-refractivity contribution is 9.10. The Balaban J connectivity index is 2.47. The Kier molecular flexibility index (Phi) is 2.91. The Morgan fingerprint density at radius 2 is 2.07 bits per heavy atom. The maximum Gasteiger partial charge on any atom is 0.141 e. The van der Waals surface area contributed by atoms with E-state index in [-0.39, 0.29) is 10.8 Å². The molecule has 0 aliphatic rings. The molecule has 0 aliphatic carbocycles. The predicted octanol–water partition coefficient (Wildman–Crippen LogP) is 4.97. The van der Waals surface area contributed by atoms with E-state index in [0.29, 0.717) is 0 Å². The molecule has 2 aromatic rings. The normalized spacial score (nSPS) is 10.5. The van der Waals surface area contributed by atoms with Gasteiger partial charge in [0.25, 0.3) is 0 Å². The van der Waals surface area contributed by atoms with Crippen LogP contribution in [0.1, 0.15) is 0 Å². The summed E-state index contributed by atoms with van der Waals surface area (Å²) in [6.07, 6.45) is 0. The quantitative estimate of drug-likeness (QED) is 0.696. The van der Waals surface area contributed by atoms with Gasteiger partial charge in [0.2, 0.25) is 0 Å². The first-order valence-corrected chi connectivity index (χ1v) is 5.91. The van der Waals surface area contributed by atoms with Crippen LogP contribution in [0, 0.1) is 5.82 Å². The Bertz CT molecular complexity index is 467. The molecule has 0 saturated heterocycles. The van der Waals surface area contributed by atoms with Crippen LogP contribution >= 0.6 is 38.9 Å².